The van der Waals surface area contributed by atoms with Gasteiger partial charge in [0.05, 0.1) is 27.0 Å². The second kappa shape index (κ2) is 9.18. The number of aliphatic hydroxyl groups is 1. The number of rotatable bonds is 5. The number of nitrogens with zero attached hydrogens (tertiary/aromatic N) is 3. The van der Waals surface area contributed by atoms with Crippen LogP contribution < -0.4 is 4.90 Å². The lowest BCUT2D eigenvalue weighted by molar-refractivity contribution is -0.385. The van der Waals surface area contributed by atoms with Crippen molar-refractivity contribution in [2.45, 2.75) is 12.2 Å². The summed E-state index contributed by atoms with van der Waals surface area (Å²) < 4.78 is 40.1. The van der Waals surface area contributed by atoms with Crippen LogP contribution in [0.15, 0.2) is 78.4 Å². The van der Waals surface area contributed by atoms with Gasteiger partial charge in [0.2, 0.25) is 0 Å². The molecule has 0 aromatic heterocycles. The van der Waals surface area contributed by atoms with Crippen molar-refractivity contribution >= 4 is 34.5 Å². The minimum Gasteiger partial charge on any atom is -0.507 e. The van der Waals surface area contributed by atoms with E-state index in [2.05, 4.69) is 0 Å². The van der Waals surface area contributed by atoms with E-state index in [1.165, 1.54) is 12.1 Å². The third-order valence-electron chi connectivity index (χ3n) is 5.64. The van der Waals surface area contributed by atoms with Gasteiger partial charge in [0.15, 0.2) is 0 Å². The van der Waals surface area contributed by atoms with Gasteiger partial charge in [0, 0.05) is 35.5 Å². The monoisotopic (exact) mass is 513 g/mol. The van der Waals surface area contributed by atoms with Crippen molar-refractivity contribution in [2.75, 3.05) is 4.90 Å². The number of hydrogen-bond donors (Lipinski definition) is 1. The first kappa shape index (κ1) is 25.0. The van der Waals surface area contributed by atoms with Crippen LogP contribution in [-0.2, 0) is 15.8 Å². The molecule has 0 radical (unpaired) electrons. The van der Waals surface area contributed by atoms with Gasteiger partial charge in [0.25, 0.3) is 23.1 Å². The first-order chi connectivity index (χ1) is 17.4. The van der Waals surface area contributed by atoms with Gasteiger partial charge in [-0.3, -0.25) is 34.7 Å². The first-order valence-electron chi connectivity index (χ1n) is 10.4. The summed E-state index contributed by atoms with van der Waals surface area (Å²) in [4.78, 5) is 47.7. The molecule has 0 bridgehead atoms. The fourth-order valence-electron chi connectivity index (χ4n) is 3.95. The Morgan fingerprint density at radius 3 is 2.08 bits per heavy atom. The van der Waals surface area contributed by atoms with E-state index >= 15 is 0 Å². The molecule has 4 rings (SSSR count). The molecule has 1 atom stereocenters. The second-order valence-corrected chi connectivity index (χ2v) is 7.87. The summed E-state index contributed by atoms with van der Waals surface area (Å²) in [5.74, 6) is -3.30. The van der Waals surface area contributed by atoms with E-state index in [1.54, 1.807) is 0 Å². The zero-order chi connectivity index (χ0) is 27.1. The number of alkyl halides is 3. The maximum Gasteiger partial charge on any atom is 0.416 e. The molecule has 1 aliphatic heterocycles. The number of Topliss-reactive ketones (excluding diaryl/α,β-unsaturated/α-hetero) is 1. The summed E-state index contributed by atoms with van der Waals surface area (Å²) in [5.41, 5.74) is -2.89. The van der Waals surface area contributed by atoms with E-state index in [9.17, 15) is 48.1 Å². The van der Waals surface area contributed by atoms with E-state index in [0.29, 0.717) is 11.0 Å². The molecule has 0 spiro atoms. The summed E-state index contributed by atoms with van der Waals surface area (Å²) in [6.07, 6.45) is -4.77. The van der Waals surface area contributed by atoms with Crippen molar-refractivity contribution in [1.29, 1.82) is 0 Å². The number of halogens is 3. The van der Waals surface area contributed by atoms with Crippen molar-refractivity contribution in [1.82, 2.24) is 0 Å². The zero-order valence-electron chi connectivity index (χ0n) is 18.4. The molecule has 3 aromatic rings. The summed E-state index contributed by atoms with van der Waals surface area (Å²) >= 11 is 0. The van der Waals surface area contributed by atoms with Gasteiger partial charge in [-0.1, -0.05) is 18.2 Å². The molecule has 1 N–H and O–H groups in total. The second-order valence-electron chi connectivity index (χ2n) is 7.87. The van der Waals surface area contributed by atoms with Crippen LogP contribution in [0, 0.1) is 20.2 Å². The van der Waals surface area contributed by atoms with Crippen LogP contribution in [0.4, 0.5) is 30.2 Å². The lowest BCUT2D eigenvalue weighted by Crippen LogP contribution is -2.29. The number of carbonyl (C=O) groups is 2. The molecule has 0 unspecified atom stereocenters. The SMILES string of the molecule is O=C1C(=O)N(c2cccc(C(F)(F)F)c2)[C@@H](c2cccc([N+](=O)[O-])c2)C1=C(O)c1ccc([N+](=O)[O-])cc1. The Morgan fingerprint density at radius 2 is 1.49 bits per heavy atom. The Hall–Kier alpha value is -5.07. The Morgan fingerprint density at radius 1 is 0.865 bits per heavy atom. The smallest absolute Gasteiger partial charge is 0.416 e. The quantitative estimate of drug-likeness (QED) is 0.163. The highest BCUT2D eigenvalue weighted by Gasteiger charge is 2.47. The summed E-state index contributed by atoms with van der Waals surface area (Å²) in [6.45, 7) is 0. The molecule has 188 valence electrons. The van der Waals surface area contributed by atoms with Crippen LogP contribution >= 0.6 is 0 Å². The minimum atomic E-state index is -4.77. The molecule has 1 heterocycles. The highest BCUT2D eigenvalue weighted by molar-refractivity contribution is 6.51. The van der Waals surface area contributed by atoms with Gasteiger partial charge >= 0.3 is 6.18 Å². The number of hydrogen-bond acceptors (Lipinski definition) is 7. The highest BCUT2D eigenvalue weighted by atomic mass is 19.4. The third-order valence-corrected chi connectivity index (χ3v) is 5.64. The number of nitro benzene ring substituents is 2. The highest BCUT2D eigenvalue weighted by Crippen LogP contribution is 2.44. The number of anilines is 1. The Bertz CT molecular complexity index is 1480. The molecular formula is C24H14F3N3O7. The number of non-ortho nitro benzene ring substituents is 2. The predicted molar refractivity (Wildman–Crippen MR) is 122 cm³/mol. The lowest BCUT2D eigenvalue weighted by Gasteiger charge is -2.26. The van der Waals surface area contributed by atoms with E-state index in [1.807, 2.05) is 0 Å². The molecule has 37 heavy (non-hydrogen) atoms. The topological polar surface area (TPSA) is 144 Å². The van der Waals surface area contributed by atoms with Gasteiger partial charge in [-0.05, 0) is 35.9 Å². The summed E-state index contributed by atoms with van der Waals surface area (Å²) in [6, 6.07) is 11.1. The lowest BCUT2D eigenvalue weighted by atomic mass is 9.94. The fourth-order valence-corrected chi connectivity index (χ4v) is 3.95. The van der Waals surface area contributed by atoms with E-state index in [0.717, 1.165) is 54.6 Å². The first-order valence-corrected chi connectivity index (χ1v) is 10.4. The average molecular weight is 513 g/mol. The van der Waals surface area contributed by atoms with Crippen LogP contribution in [-0.4, -0.2) is 26.6 Å². The number of ketones is 1. The van der Waals surface area contributed by atoms with Crippen molar-refractivity contribution < 1.29 is 37.7 Å². The van der Waals surface area contributed by atoms with E-state index < -0.39 is 56.3 Å². The van der Waals surface area contributed by atoms with Crippen LogP contribution in [0.2, 0.25) is 0 Å². The fraction of sp³-hybridized carbons (Fsp3) is 0.0833. The van der Waals surface area contributed by atoms with Crippen molar-refractivity contribution in [3.05, 3.63) is 115 Å². The molecule has 1 aliphatic rings. The predicted octanol–water partition coefficient (Wildman–Crippen LogP) is 5.15. The molecule has 10 nitrogen and oxygen atoms in total. The summed E-state index contributed by atoms with van der Waals surface area (Å²) in [7, 11) is 0. The largest absolute Gasteiger partial charge is 0.507 e. The maximum atomic E-state index is 13.4. The minimum absolute atomic E-state index is 0.0331. The van der Waals surface area contributed by atoms with Crippen molar-refractivity contribution in [2.24, 2.45) is 0 Å². The number of benzene rings is 3. The third kappa shape index (κ3) is 4.61. The average Bonchev–Trinajstić information content (AvgIpc) is 3.13. The molecule has 3 aromatic carbocycles. The molecule has 1 fully saturated rings. The van der Waals surface area contributed by atoms with Crippen molar-refractivity contribution in [3.8, 4) is 0 Å². The van der Waals surface area contributed by atoms with Gasteiger partial charge in [-0.15, -0.1) is 0 Å². The molecule has 13 heteroatoms. The normalized spacial score (nSPS) is 17.2. The molecular weight excluding hydrogens is 499 g/mol. The van der Waals surface area contributed by atoms with Gasteiger partial charge in [-0.2, -0.15) is 13.2 Å². The standard InChI is InChI=1S/C24H14F3N3O7/c25-24(26,27)15-4-2-5-17(12-15)28-20(14-3-1-6-18(11-14)30(36)37)19(22(32)23(28)33)21(31)13-7-9-16(10-8-13)29(34)35/h1-12,20,31H/t20-/m0/s1. The van der Waals surface area contributed by atoms with Crippen LogP contribution in [0.25, 0.3) is 5.76 Å². The summed E-state index contributed by atoms with van der Waals surface area (Å²) in [5, 5.41) is 33.3. The number of aliphatic hydroxyl groups excluding tert-OH is 1. The maximum absolute atomic E-state index is 13.4. The van der Waals surface area contributed by atoms with Gasteiger partial charge in [-0.25, -0.2) is 0 Å². The van der Waals surface area contributed by atoms with E-state index in [-0.39, 0.29) is 22.5 Å². The Balaban J connectivity index is 1.96. The Kier molecular flexibility index (Phi) is 6.21. The number of amides is 1. The van der Waals surface area contributed by atoms with Crippen LogP contribution in [0.3, 0.4) is 0 Å². The molecule has 0 saturated carbocycles. The number of nitro groups is 2. The zero-order valence-corrected chi connectivity index (χ0v) is 18.4. The molecule has 0 aliphatic carbocycles. The molecule has 1 amide bonds. The van der Waals surface area contributed by atoms with Crippen molar-refractivity contribution in [3.63, 3.8) is 0 Å². The van der Waals surface area contributed by atoms with Crippen LogP contribution in [0.1, 0.15) is 22.7 Å². The number of carbonyl (C=O) groups excluding carboxylic acids is 2. The van der Waals surface area contributed by atoms with Crippen LogP contribution in [0.5, 0.6) is 0 Å². The van der Waals surface area contributed by atoms with E-state index in [4.69, 9.17) is 0 Å². The molecule has 1 saturated heterocycles. The Labute approximate surface area is 205 Å². The van der Waals surface area contributed by atoms with Gasteiger partial charge < -0.3 is 5.11 Å². The van der Waals surface area contributed by atoms with Gasteiger partial charge in [0.1, 0.15) is 5.76 Å².